The molecule has 0 saturated carbocycles. The number of nitrogens with one attached hydrogen (secondary N) is 1. The van der Waals surface area contributed by atoms with Gasteiger partial charge in [0.25, 0.3) is 0 Å². The fraction of sp³-hybridized carbons (Fsp3) is 0.263. The molecule has 1 aliphatic heterocycles. The van der Waals surface area contributed by atoms with Crippen molar-refractivity contribution in [2.45, 2.75) is 25.8 Å². The van der Waals surface area contributed by atoms with Gasteiger partial charge in [-0.2, -0.15) is 5.26 Å². The SMILES string of the molecule is CC1CN(C(C)C(=O)Nc2ccccc2C#N)c2ccccc21. The molecular weight excluding hydrogens is 286 g/mol. The molecule has 0 aromatic heterocycles. The van der Waals surface area contributed by atoms with Gasteiger partial charge >= 0.3 is 0 Å². The molecule has 0 fully saturated rings. The van der Waals surface area contributed by atoms with E-state index in [0.29, 0.717) is 17.2 Å². The highest BCUT2D eigenvalue weighted by atomic mass is 16.2. The first-order valence-corrected chi connectivity index (χ1v) is 7.77. The third-order valence-corrected chi connectivity index (χ3v) is 4.40. The van der Waals surface area contributed by atoms with Gasteiger partial charge in [0.2, 0.25) is 5.91 Å². The first-order chi connectivity index (χ1) is 11.1. The summed E-state index contributed by atoms with van der Waals surface area (Å²) >= 11 is 0. The number of amides is 1. The van der Waals surface area contributed by atoms with Gasteiger partial charge in [-0.3, -0.25) is 4.79 Å². The first-order valence-electron chi connectivity index (χ1n) is 7.77. The minimum atomic E-state index is -0.298. The Labute approximate surface area is 136 Å². The topological polar surface area (TPSA) is 56.1 Å². The molecule has 3 rings (SSSR count). The molecule has 1 amide bonds. The summed E-state index contributed by atoms with van der Waals surface area (Å²) in [7, 11) is 0. The van der Waals surface area contributed by atoms with E-state index in [0.717, 1.165) is 12.2 Å². The molecule has 1 heterocycles. The van der Waals surface area contributed by atoms with Crippen molar-refractivity contribution < 1.29 is 4.79 Å². The maximum Gasteiger partial charge on any atom is 0.246 e. The zero-order valence-electron chi connectivity index (χ0n) is 13.3. The molecule has 0 bridgehead atoms. The highest BCUT2D eigenvalue weighted by molar-refractivity contribution is 5.98. The van der Waals surface area contributed by atoms with Crippen LogP contribution in [0.15, 0.2) is 48.5 Å². The van der Waals surface area contributed by atoms with Crippen LogP contribution in [0.3, 0.4) is 0 Å². The number of fused-ring (bicyclic) bond motifs is 1. The monoisotopic (exact) mass is 305 g/mol. The zero-order chi connectivity index (χ0) is 16.4. The van der Waals surface area contributed by atoms with E-state index in [1.54, 1.807) is 18.2 Å². The number of anilines is 2. The quantitative estimate of drug-likeness (QED) is 0.944. The van der Waals surface area contributed by atoms with E-state index >= 15 is 0 Å². The van der Waals surface area contributed by atoms with Gasteiger partial charge in [0.1, 0.15) is 12.1 Å². The highest BCUT2D eigenvalue weighted by Crippen LogP contribution is 2.37. The van der Waals surface area contributed by atoms with Crippen LogP contribution in [0.2, 0.25) is 0 Å². The van der Waals surface area contributed by atoms with Crippen LogP contribution in [-0.4, -0.2) is 18.5 Å². The number of carbonyl (C=O) groups excluding carboxylic acids is 1. The van der Waals surface area contributed by atoms with Crippen molar-refractivity contribution in [2.24, 2.45) is 0 Å². The number of rotatable bonds is 3. The summed E-state index contributed by atoms with van der Waals surface area (Å²) in [6.07, 6.45) is 0. The lowest BCUT2D eigenvalue weighted by atomic mass is 10.0. The average molecular weight is 305 g/mol. The summed E-state index contributed by atoms with van der Waals surface area (Å²) in [6, 6.07) is 17.1. The molecule has 0 spiro atoms. The Morgan fingerprint density at radius 1 is 1.26 bits per heavy atom. The van der Waals surface area contributed by atoms with Crippen LogP contribution in [0, 0.1) is 11.3 Å². The molecule has 2 unspecified atom stereocenters. The lowest BCUT2D eigenvalue weighted by Crippen LogP contribution is -2.41. The summed E-state index contributed by atoms with van der Waals surface area (Å²) in [5.41, 5.74) is 3.44. The Morgan fingerprint density at radius 2 is 1.96 bits per heavy atom. The van der Waals surface area contributed by atoms with Gasteiger partial charge < -0.3 is 10.2 Å². The number of nitriles is 1. The lowest BCUT2D eigenvalue weighted by molar-refractivity contribution is -0.117. The van der Waals surface area contributed by atoms with Crippen molar-refractivity contribution in [3.8, 4) is 6.07 Å². The summed E-state index contributed by atoms with van der Waals surface area (Å²) < 4.78 is 0. The molecule has 4 nitrogen and oxygen atoms in total. The second-order valence-corrected chi connectivity index (χ2v) is 5.93. The second-order valence-electron chi connectivity index (χ2n) is 5.93. The molecule has 1 N–H and O–H groups in total. The molecule has 0 saturated heterocycles. The predicted octanol–water partition coefficient (Wildman–Crippen LogP) is 3.51. The largest absolute Gasteiger partial charge is 0.359 e. The third kappa shape index (κ3) is 2.78. The van der Waals surface area contributed by atoms with Crippen molar-refractivity contribution in [3.05, 3.63) is 59.7 Å². The Hall–Kier alpha value is -2.80. The number of carbonyl (C=O) groups is 1. The molecule has 2 atom stereocenters. The fourth-order valence-electron chi connectivity index (χ4n) is 3.09. The smallest absolute Gasteiger partial charge is 0.246 e. The van der Waals surface area contributed by atoms with E-state index in [2.05, 4.69) is 35.3 Å². The van der Waals surface area contributed by atoms with Crippen LogP contribution < -0.4 is 10.2 Å². The molecule has 4 heteroatoms. The van der Waals surface area contributed by atoms with Crippen molar-refractivity contribution in [2.75, 3.05) is 16.8 Å². The first kappa shape index (κ1) is 15.1. The van der Waals surface area contributed by atoms with Crippen LogP contribution in [-0.2, 0) is 4.79 Å². The van der Waals surface area contributed by atoms with Crippen LogP contribution in [0.1, 0.15) is 30.9 Å². The number of hydrogen-bond donors (Lipinski definition) is 1. The Kier molecular flexibility index (Phi) is 4.03. The van der Waals surface area contributed by atoms with Crippen molar-refractivity contribution in [3.63, 3.8) is 0 Å². The van der Waals surface area contributed by atoms with E-state index in [-0.39, 0.29) is 11.9 Å². The Balaban J connectivity index is 1.80. The molecule has 2 aromatic rings. The molecular formula is C19H19N3O. The summed E-state index contributed by atoms with van der Waals surface area (Å²) in [4.78, 5) is 14.8. The van der Waals surface area contributed by atoms with Gasteiger partial charge in [0.15, 0.2) is 0 Å². The third-order valence-electron chi connectivity index (χ3n) is 4.40. The summed E-state index contributed by atoms with van der Waals surface area (Å²) in [5, 5.41) is 12.0. The van der Waals surface area contributed by atoms with Crippen LogP contribution in [0.4, 0.5) is 11.4 Å². The van der Waals surface area contributed by atoms with Crippen LogP contribution >= 0.6 is 0 Å². The highest BCUT2D eigenvalue weighted by Gasteiger charge is 2.31. The normalized spacial score (nSPS) is 17.3. The van der Waals surface area contributed by atoms with Gasteiger partial charge in [-0.25, -0.2) is 0 Å². The minimum absolute atomic E-state index is 0.100. The number of para-hydroxylation sites is 2. The van der Waals surface area contributed by atoms with Gasteiger partial charge in [-0.1, -0.05) is 37.3 Å². The lowest BCUT2D eigenvalue weighted by Gasteiger charge is -2.26. The molecule has 1 aliphatic rings. The van der Waals surface area contributed by atoms with E-state index in [1.165, 1.54) is 5.56 Å². The Morgan fingerprint density at radius 3 is 2.74 bits per heavy atom. The number of hydrogen-bond acceptors (Lipinski definition) is 3. The summed E-state index contributed by atoms with van der Waals surface area (Å²) in [5.74, 6) is 0.310. The van der Waals surface area contributed by atoms with E-state index in [4.69, 9.17) is 5.26 Å². The van der Waals surface area contributed by atoms with E-state index in [9.17, 15) is 4.79 Å². The maximum atomic E-state index is 12.6. The minimum Gasteiger partial charge on any atom is -0.359 e. The molecule has 0 radical (unpaired) electrons. The Bertz CT molecular complexity index is 778. The van der Waals surface area contributed by atoms with E-state index < -0.39 is 0 Å². The molecule has 116 valence electrons. The van der Waals surface area contributed by atoms with Gasteiger partial charge in [-0.15, -0.1) is 0 Å². The van der Waals surface area contributed by atoms with Crippen LogP contribution in [0.5, 0.6) is 0 Å². The second kappa shape index (κ2) is 6.13. The predicted molar refractivity (Wildman–Crippen MR) is 91.5 cm³/mol. The van der Waals surface area contributed by atoms with Crippen molar-refractivity contribution in [1.82, 2.24) is 0 Å². The van der Waals surface area contributed by atoms with Crippen LogP contribution in [0.25, 0.3) is 0 Å². The average Bonchev–Trinajstić information content (AvgIpc) is 2.92. The van der Waals surface area contributed by atoms with Crippen molar-refractivity contribution >= 4 is 17.3 Å². The number of nitrogens with zero attached hydrogens (tertiary/aromatic N) is 2. The van der Waals surface area contributed by atoms with Gasteiger partial charge in [0.05, 0.1) is 11.3 Å². The summed E-state index contributed by atoms with van der Waals surface area (Å²) in [6.45, 7) is 4.90. The maximum absolute atomic E-state index is 12.6. The van der Waals surface area contributed by atoms with Crippen molar-refractivity contribution in [1.29, 1.82) is 5.26 Å². The van der Waals surface area contributed by atoms with Gasteiger partial charge in [0, 0.05) is 18.2 Å². The standard InChI is InChI=1S/C19H19N3O/c1-13-12-22(18-10-6-4-8-16(13)18)14(2)19(23)21-17-9-5-3-7-15(17)11-20/h3-10,13-14H,12H2,1-2H3,(H,21,23). The molecule has 2 aromatic carbocycles. The fourth-order valence-corrected chi connectivity index (χ4v) is 3.09. The van der Waals surface area contributed by atoms with E-state index in [1.807, 2.05) is 25.1 Å². The van der Waals surface area contributed by atoms with Gasteiger partial charge in [-0.05, 0) is 30.7 Å². The molecule has 23 heavy (non-hydrogen) atoms. The molecule has 0 aliphatic carbocycles. The zero-order valence-corrected chi connectivity index (χ0v) is 13.3. The number of benzene rings is 2.